The normalized spacial score (nSPS) is 17.3. The number of anilines is 1. The second-order valence-electron chi connectivity index (χ2n) is 5.53. The van der Waals surface area contributed by atoms with E-state index in [2.05, 4.69) is 25.3 Å². The highest BCUT2D eigenvalue weighted by molar-refractivity contribution is 5.88. The summed E-state index contributed by atoms with van der Waals surface area (Å²) in [6.45, 7) is 3.58. The predicted molar refractivity (Wildman–Crippen MR) is 79.0 cm³/mol. The van der Waals surface area contributed by atoms with Gasteiger partial charge in [0.2, 0.25) is 0 Å². The molecule has 0 spiro atoms. The third-order valence-electron chi connectivity index (χ3n) is 3.96. The maximum Gasteiger partial charge on any atom is 0.320 e. The lowest BCUT2D eigenvalue weighted by molar-refractivity contribution is 0.248. The van der Waals surface area contributed by atoms with Crippen molar-refractivity contribution in [3.8, 4) is 0 Å². The van der Waals surface area contributed by atoms with E-state index in [-0.39, 0.29) is 6.03 Å². The van der Waals surface area contributed by atoms with E-state index in [9.17, 15) is 4.79 Å². The number of carbonyl (C=O) groups is 1. The van der Waals surface area contributed by atoms with Gasteiger partial charge in [-0.15, -0.1) is 0 Å². The Bertz CT molecular complexity index is 624. The minimum absolute atomic E-state index is 0.206. The summed E-state index contributed by atoms with van der Waals surface area (Å²) in [5.41, 5.74) is 1.00. The number of carbonyl (C=O) groups excluding carboxylic acids is 1. The highest BCUT2D eigenvalue weighted by atomic mass is 16.2. The summed E-state index contributed by atoms with van der Waals surface area (Å²) in [6.07, 6.45) is 5.82. The highest BCUT2D eigenvalue weighted by Crippen LogP contribution is 2.18. The molecule has 0 aliphatic carbocycles. The van der Waals surface area contributed by atoms with Gasteiger partial charge in [0, 0.05) is 50.7 Å². The van der Waals surface area contributed by atoms with Gasteiger partial charge in [-0.05, 0) is 19.3 Å². The smallest absolute Gasteiger partial charge is 0.320 e. The number of imidazole rings is 1. The molecule has 3 heterocycles. The molecule has 0 fully saturated rings. The van der Waals surface area contributed by atoms with Crippen LogP contribution in [0.5, 0.6) is 0 Å². The molecule has 2 aromatic heterocycles. The lowest BCUT2D eigenvalue weighted by Crippen LogP contribution is -2.35. The summed E-state index contributed by atoms with van der Waals surface area (Å²) in [5.74, 6) is 2.12. The van der Waals surface area contributed by atoms with Crippen molar-refractivity contribution in [2.24, 2.45) is 13.0 Å². The summed E-state index contributed by atoms with van der Waals surface area (Å²) < 4.78 is 3.91. The van der Waals surface area contributed by atoms with Crippen LogP contribution in [0.25, 0.3) is 0 Å². The van der Waals surface area contributed by atoms with Crippen LogP contribution in [0, 0.1) is 12.8 Å². The fourth-order valence-corrected chi connectivity index (χ4v) is 2.61. The minimum atomic E-state index is -0.206. The van der Waals surface area contributed by atoms with E-state index in [4.69, 9.17) is 0 Å². The first-order valence-electron chi connectivity index (χ1n) is 7.17. The van der Waals surface area contributed by atoms with Crippen molar-refractivity contribution in [1.29, 1.82) is 0 Å². The molecular weight excluding hydrogens is 268 g/mol. The van der Waals surface area contributed by atoms with Crippen LogP contribution in [0.2, 0.25) is 0 Å². The average molecular weight is 288 g/mol. The molecular formula is C14H20N6O. The van der Waals surface area contributed by atoms with Crippen molar-refractivity contribution in [3.63, 3.8) is 0 Å². The molecule has 7 heteroatoms. The Morgan fingerprint density at radius 2 is 2.38 bits per heavy atom. The maximum absolute atomic E-state index is 11.9. The topological polar surface area (TPSA) is 76.8 Å². The lowest BCUT2D eigenvalue weighted by atomic mass is 9.98. The third-order valence-corrected chi connectivity index (χ3v) is 3.96. The van der Waals surface area contributed by atoms with Gasteiger partial charge in [0.15, 0.2) is 5.82 Å². The Morgan fingerprint density at radius 3 is 3.14 bits per heavy atom. The molecule has 112 valence electrons. The van der Waals surface area contributed by atoms with Gasteiger partial charge in [0.25, 0.3) is 0 Å². The quantitative estimate of drug-likeness (QED) is 0.894. The van der Waals surface area contributed by atoms with Gasteiger partial charge < -0.3 is 9.88 Å². The molecule has 0 bridgehead atoms. The summed E-state index contributed by atoms with van der Waals surface area (Å²) >= 11 is 0. The van der Waals surface area contributed by atoms with Crippen molar-refractivity contribution in [3.05, 3.63) is 30.0 Å². The minimum Gasteiger partial charge on any atom is -0.338 e. The fraction of sp³-hybridized carbons (Fsp3) is 0.500. The van der Waals surface area contributed by atoms with Crippen LogP contribution in [0.4, 0.5) is 10.6 Å². The number of nitrogens with zero attached hydrogens (tertiary/aromatic N) is 4. The standard InChI is InChI=1S/C14H20N6O/c1-10-7-12(18-19(10)2)17-14(21)16-9-11-3-5-20-6-4-15-13(20)8-11/h4,6-7,11H,3,5,8-9H2,1-2H3,(H2,16,17,18,21)/t11-/m1/s1. The second-order valence-corrected chi connectivity index (χ2v) is 5.53. The molecule has 1 atom stereocenters. The first-order valence-corrected chi connectivity index (χ1v) is 7.17. The molecule has 2 amide bonds. The molecule has 3 rings (SSSR count). The molecule has 0 saturated carbocycles. The number of aromatic nitrogens is 4. The average Bonchev–Trinajstić information content (AvgIpc) is 3.03. The van der Waals surface area contributed by atoms with E-state index in [1.54, 1.807) is 4.68 Å². The number of rotatable bonds is 3. The number of fused-ring (bicyclic) bond motifs is 1. The number of aryl methyl sites for hydroxylation is 3. The molecule has 0 saturated heterocycles. The molecule has 7 nitrogen and oxygen atoms in total. The van der Waals surface area contributed by atoms with E-state index in [0.29, 0.717) is 18.3 Å². The summed E-state index contributed by atoms with van der Waals surface area (Å²) in [4.78, 5) is 16.2. The van der Waals surface area contributed by atoms with E-state index in [0.717, 1.165) is 30.9 Å². The Kier molecular flexibility index (Phi) is 3.64. The third kappa shape index (κ3) is 3.07. The van der Waals surface area contributed by atoms with Crippen LogP contribution >= 0.6 is 0 Å². The molecule has 2 aromatic rings. The van der Waals surface area contributed by atoms with Gasteiger partial charge in [-0.1, -0.05) is 0 Å². The van der Waals surface area contributed by atoms with Crippen LogP contribution in [0.3, 0.4) is 0 Å². The zero-order valence-electron chi connectivity index (χ0n) is 12.3. The predicted octanol–water partition coefficient (Wildman–Crippen LogP) is 1.31. The van der Waals surface area contributed by atoms with Crippen LogP contribution in [-0.4, -0.2) is 31.9 Å². The summed E-state index contributed by atoms with van der Waals surface area (Å²) in [5, 5.41) is 9.87. The Labute approximate surface area is 123 Å². The number of urea groups is 1. The van der Waals surface area contributed by atoms with E-state index < -0.39 is 0 Å². The van der Waals surface area contributed by atoms with Crippen molar-refractivity contribution in [2.75, 3.05) is 11.9 Å². The number of nitrogens with one attached hydrogen (secondary N) is 2. The zero-order chi connectivity index (χ0) is 14.8. The molecule has 2 N–H and O–H groups in total. The SMILES string of the molecule is Cc1cc(NC(=O)NC[C@@H]2CCn3ccnc3C2)nn1C. The lowest BCUT2D eigenvalue weighted by Gasteiger charge is -2.23. The van der Waals surface area contributed by atoms with E-state index in [1.165, 1.54) is 0 Å². The molecule has 0 radical (unpaired) electrons. The van der Waals surface area contributed by atoms with Crippen LogP contribution in [0.15, 0.2) is 18.5 Å². The molecule has 0 aromatic carbocycles. The second kappa shape index (κ2) is 5.59. The van der Waals surface area contributed by atoms with Crippen molar-refractivity contribution < 1.29 is 4.79 Å². The maximum atomic E-state index is 11.9. The van der Waals surface area contributed by atoms with Gasteiger partial charge >= 0.3 is 6.03 Å². The Balaban J connectivity index is 1.48. The van der Waals surface area contributed by atoms with E-state index in [1.807, 2.05) is 32.4 Å². The molecule has 21 heavy (non-hydrogen) atoms. The van der Waals surface area contributed by atoms with Gasteiger partial charge in [0.1, 0.15) is 5.82 Å². The van der Waals surface area contributed by atoms with Gasteiger partial charge in [-0.3, -0.25) is 10.00 Å². The molecule has 1 aliphatic heterocycles. The van der Waals surface area contributed by atoms with Crippen molar-refractivity contribution in [1.82, 2.24) is 24.6 Å². The highest BCUT2D eigenvalue weighted by Gasteiger charge is 2.19. The molecule has 0 unspecified atom stereocenters. The van der Waals surface area contributed by atoms with Crippen molar-refractivity contribution in [2.45, 2.75) is 26.3 Å². The first kappa shape index (κ1) is 13.7. The summed E-state index contributed by atoms with van der Waals surface area (Å²) in [7, 11) is 1.85. The number of hydrogen-bond acceptors (Lipinski definition) is 3. The Morgan fingerprint density at radius 1 is 1.52 bits per heavy atom. The number of amides is 2. The zero-order valence-corrected chi connectivity index (χ0v) is 12.3. The Hall–Kier alpha value is -2.31. The van der Waals surface area contributed by atoms with Crippen LogP contribution in [-0.2, 0) is 20.0 Å². The van der Waals surface area contributed by atoms with Crippen LogP contribution in [0.1, 0.15) is 17.9 Å². The fourth-order valence-electron chi connectivity index (χ4n) is 2.61. The summed E-state index contributed by atoms with van der Waals surface area (Å²) in [6, 6.07) is 1.64. The van der Waals surface area contributed by atoms with Crippen LogP contribution < -0.4 is 10.6 Å². The van der Waals surface area contributed by atoms with Gasteiger partial charge in [-0.2, -0.15) is 5.10 Å². The van der Waals surface area contributed by atoms with Crippen molar-refractivity contribution >= 4 is 11.8 Å². The monoisotopic (exact) mass is 288 g/mol. The number of hydrogen-bond donors (Lipinski definition) is 2. The molecule has 1 aliphatic rings. The first-order chi connectivity index (χ1) is 10.1. The van der Waals surface area contributed by atoms with E-state index >= 15 is 0 Å². The largest absolute Gasteiger partial charge is 0.338 e. The van der Waals surface area contributed by atoms with Gasteiger partial charge in [-0.25, -0.2) is 9.78 Å². The van der Waals surface area contributed by atoms with Gasteiger partial charge in [0.05, 0.1) is 0 Å².